The Kier molecular flexibility index (Phi) is 6.06. The molecule has 2 aliphatic rings. The van der Waals surface area contributed by atoms with E-state index < -0.39 is 11.4 Å². The molecule has 1 saturated carbocycles. The number of anilines is 1. The molecule has 0 bridgehead atoms. The third-order valence-electron chi connectivity index (χ3n) is 7.48. The maximum absolute atomic E-state index is 14.2. The fraction of sp³-hybridized carbons (Fsp3) is 0.393. The highest BCUT2D eigenvalue weighted by Gasteiger charge is 2.49. The van der Waals surface area contributed by atoms with Crippen LogP contribution in [-0.2, 0) is 22.7 Å². The molecule has 2 aromatic carbocycles. The van der Waals surface area contributed by atoms with Crippen molar-refractivity contribution < 1.29 is 18.8 Å². The average Bonchev–Trinajstić information content (AvgIpc) is 3.44. The van der Waals surface area contributed by atoms with Gasteiger partial charge in [0.05, 0.1) is 17.7 Å². The van der Waals surface area contributed by atoms with Crippen molar-refractivity contribution >= 4 is 34.3 Å². The van der Waals surface area contributed by atoms with Gasteiger partial charge in [-0.05, 0) is 50.5 Å². The number of amides is 3. The molecular weight excluding hydrogens is 459 g/mol. The minimum atomic E-state index is -1.19. The third kappa shape index (κ3) is 4.14. The first-order valence-electron chi connectivity index (χ1n) is 12.4. The van der Waals surface area contributed by atoms with Crippen LogP contribution in [0.3, 0.4) is 0 Å². The van der Waals surface area contributed by atoms with Gasteiger partial charge in [-0.15, -0.1) is 0 Å². The van der Waals surface area contributed by atoms with Crippen LogP contribution < -0.4 is 10.6 Å². The Labute approximate surface area is 209 Å². The van der Waals surface area contributed by atoms with Gasteiger partial charge in [0.1, 0.15) is 17.1 Å². The lowest BCUT2D eigenvalue weighted by molar-refractivity contribution is -0.133. The average molecular weight is 491 g/mol. The number of nitrogens with one attached hydrogen (secondary N) is 2. The zero-order valence-electron chi connectivity index (χ0n) is 20.9. The maximum atomic E-state index is 14.2. The summed E-state index contributed by atoms with van der Waals surface area (Å²) in [5.41, 5.74) is 1.92. The summed E-state index contributed by atoms with van der Waals surface area (Å²) in [5.74, 6) is -1.42. The summed E-state index contributed by atoms with van der Waals surface area (Å²) in [7, 11) is 0. The number of aromatic nitrogens is 1. The summed E-state index contributed by atoms with van der Waals surface area (Å²) in [6, 6.07) is 12.2. The number of hydrogen-bond acceptors (Lipinski definition) is 3. The largest absolute Gasteiger partial charge is 0.351 e. The topological polar surface area (TPSA) is 83.4 Å². The van der Waals surface area contributed by atoms with E-state index >= 15 is 0 Å². The number of hydrogen-bond donors (Lipinski definition) is 2. The van der Waals surface area contributed by atoms with Crippen LogP contribution in [0.1, 0.15) is 61.1 Å². The van der Waals surface area contributed by atoms with Gasteiger partial charge in [0, 0.05) is 24.9 Å². The third-order valence-corrected chi connectivity index (χ3v) is 7.48. The normalized spacial score (nSPS) is 20.0. The lowest BCUT2D eigenvalue weighted by Gasteiger charge is -2.44. The standard InChI is InChI=1S/C28H31FN4O3/c1-17-8-10-19(11-9-17)15-33-26(35)25-24(30-18(2)34)22-14-20(29)12-13-23(22)32(25)16-28(33,3)27(36)31-21-6-4-5-7-21/h8-14,21H,4-7,15-16H2,1-3H3,(H,30,34)(H,31,36)/t28-/m1/s1. The number of carbonyl (C=O) groups excluding carboxylic acids is 3. The summed E-state index contributed by atoms with van der Waals surface area (Å²) < 4.78 is 16.0. The van der Waals surface area contributed by atoms with E-state index in [2.05, 4.69) is 10.6 Å². The number of rotatable bonds is 5. The van der Waals surface area contributed by atoms with Crippen LogP contribution in [0.25, 0.3) is 10.9 Å². The van der Waals surface area contributed by atoms with Crippen LogP contribution in [0.4, 0.5) is 10.1 Å². The van der Waals surface area contributed by atoms with Crippen molar-refractivity contribution in [2.75, 3.05) is 5.32 Å². The van der Waals surface area contributed by atoms with Crippen LogP contribution in [0.5, 0.6) is 0 Å². The van der Waals surface area contributed by atoms with Crippen molar-refractivity contribution in [2.45, 2.75) is 71.1 Å². The molecule has 188 valence electrons. The fourth-order valence-corrected chi connectivity index (χ4v) is 5.49. The van der Waals surface area contributed by atoms with E-state index in [1.54, 1.807) is 22.5 Å². The molecule has 5 rings (SSSR count). The number of benzene rings is 2. The molecule has 1 aliphatic heterocycles. The number of halogens is 1. The molecule has 0 unspecified atom stereocenters. The molecule has 1 aromatic heterocycles. The second-order valence-electron chi connectivity index (χ2n) is 10.3. The van der Waals surface area contributed by atoms with E-state index in [0.29, 0.717) is 10.9 Å². The van der Waals surface area contributed by atoms with E-state index in [1.165, 1.54) is 19.1 Å². The predicted molar refractivity (Wildman–Crippen MR) is 136 cm³/mol. The molecule has 0 radical (unpaired) electrons. The summed E-state index contributed by atoms with van der Waals surface area (Å²) in [6.45, 7) is 5.54. The molecule has 3 aromatic rings. The fourth-order valence-electron chi connectivity index (χ4n) is 5.49. The van der Waals surface area contributed by atoms with E-state index in [-0.39, 0.29) is 48.2 Å². The molecule has 0 spiro atoms. The van der Waals surface area contributed by atoms with Crippen LogP contribution in [-0.4, -0.2) is 38.8 Å². The Morgan fingerprint density at radius 3 is 2.47 bits per heavy atom. The number of carbonyl (C=O) groups is 3. The minimum absolute atomic E-state index is 0.0949. The highest BCUT2D eigenvalue weighted by Crippen LogP contribution is 2.40. The Bertz CT molecular complexity index is 1360. The molecular formula is C28H31FN4O3. The summed E-state index contributed by atoms with van der Waals surface area (Å²) in [5, 5.41) is 6.37. The van der Waals surface area contributed by atoms with E-state index in [0.717, 1.165) is 36.8 Å². The molecule has 8 heteroatoms. The zero-order valence-corrected chi connectivity index (χ0v) is 20.9. The van der Waals surface area contributed by atoms with Gasteiger partial charge in [0.2, 0.25) is 11.8 Å². The first-order valence-corrected chi connectivity index (χ1v) is 12.4. The number of aryl methyl sites for hydroxylation is 1. The van der Waals surface area contributed by atoms with Gasteiger partial charge < -0.3 is 20.1 Å². The van der Waals surface area contributed by atoms with Crippen LogP contribution in [0, 0.1) is 12.7 Å². The molecule has 1 fully saturated rings. The highest BCUT2D eigenvalue weighted by molar-refractivity contribution is 6.14. The Morgan fingerprint density at radius 2 is 1.81 bits per heavy atom. The molecule has 36 heavy (non-hydrogen) atoms. The number of nitrogens with zero attached hydrogens (tertiary/aromatic N) is 2. The van der Waals surface area contributed by atoms with Crippen molar-refractivity contribution in [3.8, 4) is 0 Å². The molecule has 0 saturated heterocycles. The minimum Gasteiger partial charge on any atom is -0.351 e. The van der Waals surface area contributed by atoms with Crippen molar-refractivity contribution in [3.05, 3.63) is 65.1 Å². The van der Waals surface area contributed by atoms with Crippen molar-refractivity contribution in [3.63, 3.8) is 0 Å². The van der Waals surface area contributed by atoms with Crippen LogP contribution >= 0.6 is 0 Å². The van der Waals surface area contributed by atoms with E-state index in [1.807, 2.05) is 31.2 Å². The molecule has 1 aliphatic carbocycles. The summed E-state index contributed by atoms with van der Waals surface area (Å²) in [6.07, 6.45) is 4.01. The SMILES string of the molecule is CC(=O)Nc1c2n(c3ccc(F)cc13)C[C@](C)(C(=O)NC1CCCC1)N(Cc1ccc(C)cc1)C2=O. The van der Waals surface area contributed by atoms with Crippen molar-refractivity contribution in [1.29, 1.82) is 0 Å². The second kappa shape index (κ2) is 9.08. The first kappa shape index (κ1) is 24.0. The van der Waals surface area contributed by atoms with Crippen molar-refractivity contribution in [2.24, 2.45) is 0 Å². The number of fused-ring (bicyclic) bond motifs is 3. The van der Waals surface area contributed by atoms with Gasteiger partial charge in [0.25, 0.3) is 5.91 Å². The Morgan fingerprint density at radius 1 is 1.11 bits per heavy atom. The van der Waals surface area contributed by atoms with Gasteiger partial charge >= 0.3 is 0 Å². The predicted octanol–water partition coefficient (Wildman–Crippen LogP) is 4.52. The van der Waals surface area contributed by atoms with Crippen LogP contribution in [0.15, 0.2) is 42.5 Å². The monoisotopic (exact) mass is 490 g/mol. The Balaban J connectivity index is 1.65. The molecule has 7 nitrogen and oxygen atoms in total. The summed E-state index contributed by atoms with van der Waals surface area (Å²) >= 11 is 0. The molecule has 3 amide bonds. The zero-order chi connectivity index (χ0) is 25.6. The quantitative estimate of drug-likeness (QED) is 0.552. The van der Waals surface area contributed by atoms with Gasteiger partial charge in [-0.1, -0.05) is 42.7 Å². The highest BCUT2D eigenvalue weighted by atomic mass is 19.1. The van der Waals surface area contributed by atoms with Crippen molar-refractivity contribution in [1.82, 2.24) is 14.8 Å². The maximum Gasteiger partial charge on any atom is 0.273 e. The van der Waals surface area contributed by atoms with Gasteiger partial charge in [-0.25, -0.2) is 4.39 Å². The lowest BCUT2D eigenvalue weighted by Crippen LogP contribution is -2.64. The lowest BCUT2D eigenvalue weighted by atomic mass is 9.93. The van der Waals surface area contributed by atoms with Crippen LogP contribution in [0.2, 0.25) is 0 Å². The molecule has 1 atom stereocenters. The molecule has 2 heterocycles. The van der Waals surface area contributed by atoms with Gasteiger partial charge in [0.15, 0.2) is 0 Å². The molecule has 2 N–H and O–H groups in total. The van der Waals surface area contributed by atoms with Gasteiger partial charge in [-0.3, -0.25) is 14.4 Å². The first-order chi connectivity index (χ1) is 17.2. The van der Waals surface area contributed by atoms with E-state index in [9.17, 15) is 18.8 Å². The van der Waals surface area contributed by atoms with Gasteiger partial charge in [-0.2, -0.15) is 0 Å². The van der Waals surface area contributed by atoms with E-state index in [4.69, 9.17) is 0 Å². The second-order valence-corrected chi connectivity index (χ2v) is 10.3. The smallest absolute Gasteiger partial charge is 0.273 e. The Hall–Kier alpha value is -3.68. The summed E-state index contributed by atoms with van der Waals surface area (Å²) in [4.78, 5) is 41.7.